The standard InChI is InChI=1S/C13H18N4/c1-9(2)11-4-6-12(7-5-11)17-8-13(10(3)14)15-16-17/h4-10H,14H2,1-3H3. The number of nitrogens with two attached hydrogens (primary N) is 1. The Morgan fingerprint density at radius 2 is 1.76 bits per heavy atom. The zero-order chi connectivity index (χ0) is 12.4. The average Bonchev–Trinajstić information content (AvgIpc) is 2.78. The quantitative estimate of drug-likeness (QED) is 0.881. The zero-order valence-corrected chi connectivity index (χ0v) is 10.5. The van der Waals surface area contributed by atoms with Gasteiger partial charge in [0.15, 0.2) is 0 Å². The van der Waals surface area contributed by atoms with Crippen LogP contribution in [0.15, 0.2) is 30.5 Å². The van der Waals surface area contributed by atoms with Gasteiger partial charge in [-0.1, -0.05) is 31.2 Å². The molecule has 0 saturated heterocycles. The second kappa shape index (κ2) is 4.67. The summed E-state index contributed by atoms with van der Waals surface area (Å²) < 4.78 is 1.75. The first-order valence-electron chi connectivity index (χ1n) is 5.86. The molecule has 0 aliphatic carbocycles. The third kappa shape index (κ3) is 2.53. The molecule has 4 heteroatoms. The van der Waals surface area contributed by atoms with Gasteiger partial charge in [-0.25, -0.2) is 4.68 Å². The summed E-state index contributed by atoms with van der Waals surface area (Å²) in [5, 5.41) is 8.11. The Kier molecular flexibility index (Phi) is 3.24. The maximum Gasteiger partial charge on any atom is 0.0995 e. The van der Waals surface area contributed by atoms with Crippen LogP contribution in [-0.2, 0) is 0 Å². The molecule has 2 N–H and O–H groups in total. The number of nitrogens with zero attached hydrogens (tertiary/aromatic N) is 3. The Bertz CT molecular complexity index is 482. The summed E-state index contributed by atoms with van der Waals surface area (Å²) in [6.45, 7) is 6.26. The Morgan fingerprint density at radius 3 is 2.24 bits per heavy atom. The minimum absolute atomic E-state index is 0.0845. The lowest BCUT2D eigenvalue weighted by molar-refractivity contribution is 0.756. The van der Waals surface area contributed by atoms with Crippen molar-refractivity contribution < 1.29 is 0 Å². The minimum atomic E-state index is -0.0845. The molecule has 0 aliphatic rings. The second-order valence-electron chi connectivity index (χ2n) is 4.62. The van der Waals surface area contributed by atoms with Crippen LogP contribution in [0.25, 0.3) is 5.69 Å². The molecule has 1 aromatic carbocycles. The maximum atomic E-state index is 5.75. The molecule has 0 saturated carbocycles. The van der Waals surface area contributed by atoms with Crippen LogP contribution in [0.4, 0.5) is 0 Å². The number of aromatic nitrogens is 3. The van der Waals surface area contributed by atoms with E-state index in [-0.39, 0.29) is 6.04 Å². The fourth-order valence-electron chi connectivity index (χ4n) is 1.62. The predicted octanol–water partition coefficient (Wildman–Crippen LogP) is 2.41. The summed E-state index contributed by atoms with van der Waals surface area (Å²) in [6, 6.07) is 8.25. The molecule has 0 radical (unpaired) electrons. The highest BCUT2D eigenvalue weighted by Crippen LogP contribution is 2.17. The highest BCUT2D eigenvalue weighted by atomic mass is 15.4. The number of benzene rings is 1. The van der Waals surface area contributed by atoms with Gasteiger partial charge in [0.2, 0.25) is 0 Å². The maximum absolute atomic E-state index is 5.75. The molecule has 1 unspecified atom stereocenters. The lowest BCUT2D eigenvalue weighted by atomic mass is 10.0. The highest BCUT2D eigenvalue weighted by molar-refractivity contribution is 5.35. The van der Waals surface area contributed by atoms with E-state index in [0.717, 1.165) is 11.4 Å². The average molecular weight is 230 g/mol. The molecule has 0 aliphatic heterocycles. The first kappa shape index (κ1) is 11.8. The van der Waals surface area contributed by atoms with Gasteiger partial charge >= 0.3 is 0 Å². The van der Waals surface area contributed by atoms with Gasteiger partial charge in [0.05, 0.1) is 17.6 Å². The fourth-order valence-corrected chi connectivity index (χ4v) is 1.62. The lowest BCUT2D eigenvalue weighted by Crippen LogP contribution is -2.04. The molecule has 2 aromatic rings. The largest absolute Gasteiger partial charge is 0.323 e. The lowest BCUT2D eigenvalue weighted by Gasteiger charge is -2.06. The molecule has 2 rings (SSSR count). The Hall–Kier alpha value is -1.68. The second-order valence-corrected chi connectivity index (χ2v) is 4.62. The molecule has 17 heavy (non-hydrogen) atoms. The molecule has 0 fully saturated rings. The van der Waals surface area contributed by atoms with Gasteiger partial charge in [0.1, 0.15) is 0 Å². The Labute approximate surface area is 101 Å². The zero-order valence-electron chi connectivity index (χ0n) is 10.5. The Balaban J connectivity index is 2.27. The van der Waals surface area contributed by atoms with Gasteiger partial charge in [0.25, 0.3) is 0 Å². The smallest absolute Gasteiger partial charge is 0.0995 e. The van der Waals surface area contributed by atoms with Gasteiger partial charge in [0, 0.05) is 6.04 Å². The molecule has 1 heterocycles. The van der Waals surface area contributed by atoms with Crippen molar-refractivity contribution in [2.24, 2.45) is 5.73 Å². The fraction of sp³-hybridized carbons (Fsp3) is 0.385. The van der Waals surface area contributed by atoms with Crippen LogP contribution in [0.3, 0.4) is 0 Å². The van der Waals surface area contributed by atoms with Crippen LogP contribution in [0.5, 0.6) is 0 Å². The number of hydrogen-bond donors (Lipinski definition) is 1. The van der Waals surface area contributed by atoms with Gasteiger partial charge in [-0.2, -0.15) is 0 Å². The molecular weight excluding hydrogens is 212 g/mol. The van der Waals surface area contributed by atoms with E-state index in [1.807, 2.05) is 13.1 Å². The first-order valence-corrected chi connectivity index (χ1v) is 5.86. The topological polar surface area (TPSA) is 56.7 Å². The molecule has 0 amide bonds. The van der Waals surface area contributed by atoms with Crippen molar-refractivity contribution in [2.45, 2.75) is 32.7 Å². The van der Waals surface area contributed by atoms with E-state index in [0.29, 0.717) is 5.92 Å². The minimum Gasteiger partial charge on any atom is -0.323 e. The van der Waals surface area contributed by atoms with Gasteiger partial charge in [-0.15, -0.1) is 5.10 Å². The molecule has 1 atom stereocenters. The first-order chi connectivity index (χ1) is 8.08. The molecule has 0 spiro atoms. The predicted molar refractivity (Wildman–Crippen MR) is 68.1 cm³/mol. The molecule has 90 valence electrons. The van der Waals surface area contributed by atoms with E-state index in [2.05, 4.69) is 48.4 Å². The summed E-state index contributed by atoms with van der Waals surface area (Å²) in [7, 11) is 0. The van der Waals surface area contributed by atoms with Crippen molar-refractivity contribution in [1.82, 2.24) is 15.0 Å². The van der Waals surface area contributed by atoms with Gasteiger partial charge in [-0.3, -0.25) is 0 Å². The van der Waals surface area contributed by atoms with E-state index in [1.165, 1.54) is 5.56 Å². The molecule has 1 aromatic heterocycles. The van der Waals surface area contributed by atoms with Crippen molar-refractivity contribution in [2.75, 3.05) is 0 Å². The van der Waals surface area contributed by atoms with Crippen molar-refractivity contribution in [1.29, 1.82) is 0 Å². The van der Waals surface area contributed by atoms with Gasteiger partial charge < -0.3 is 5.73 Å². The summed E-state index contributed by atoms with van der Waals surface area (Å²) in [4.78, 5) is 0. The summed E-state index contributed by atoms with van der Waals surface area (Å²) in [6.07, 6.45) is 1.87. The van der Waals surface area contributed by atoms with Crippen molar-refractivity contribution in [3.8, 4) is 5.69 Å². The van der Waals surface area contributed by atoms with E-state index in [4.69, 9.17) is 5.73 Å². The summed E-state index contributed by atoms with van der Waals surface area (Å²) >= 11 is 0. The number of rotatable bonds is 3. The van der Waals surface area contributed by atoms with Crippen molar-refractivity contribution in [3.05, 3.63) is 41.7 Å². The van der Waals surface area contributed by atoms with E-state index in [9.17, 15) is 0 Å². The molecular formula is C13H18N4. The van der Waals surface area contributed by atoms with E-state index in [1.54, 1.807) is 4.68 Å². The van der Waals surface area contributed by atoms with Crippen LogP contribution >= 0.6 is 0 Å². The summed E-state index contributed by atoms with van der Waals surface area (Å²) in [5.74, 6) is 0.541. The van der Waals surface area contributed by atoms with Gasteiger partial charge in [-0.05, 0) is 30.5 Å². The van der Waals surface area contributed by atoms with Crippen LogP contribution in [0.2, 0.25) is 0 Å². The third-order valence-electron chi connectivity index (χ3n) is 2.80. The normalized spacial score (nSPS) is 13.0. The highest BCUT2D eigenvalue weighted by Gasteiger charge is 2.06. The molecule has 0 bridgehead atoms. The van der Waals surface area contributed by atoms with Crippen LogP contribution in [-0.4, -0.2) is 15.0 Å². The summed E-state index contributed by atoms with van der Waals surface area (Å²) in [5.41, 5.74) is 8.89. The number of hydrogen-bond acceptors (Lipinski definition) is 3. The van der Waals surface area contributed by atoms with Crippen molar-refractivity contribution in [3.63, 3.8) is 0 Å². The van der Waals surface area contributed by atoms with E-state index >= 15 is 0 Å². The van der Waals surface area contributed by atoms with Crippen LogP contribution in [0.1, 0.15) is 44.0 Å². The SMILES string of the molecule is CC(C)c1ccc(-n2cc(C(C)N)nn2)cc1. The van der Waals surface area contributed by atoms with Crippen LogP contribution < -0.4 is 5.73 Å². The van der Waals surface area contributed by atoms with Crippen LogP contribution in [0, 0.1) is 0 Å². The third-order valence-corrected chi connectivity index (χ3v) is 2.80. The monoisotopic (exact) mass is 230 g/mol. The van der Waals surface area contributed by atoms with Crippen molar-refractivity contribution >= 4 is 0 Å². The molecule has 4 nitrogen and oxygen atoms in total. The van der Waals surface area contributed by atoms with E-state index < -0.39 is 0 Å². The Morgan fingerprint density at radius 1 is 1.12 bits per heavy atom.